The number of rotatable bonds is 3. The Morgan fingerprint density at radius 3 is 2.86 bits per heavy atom. The number of carbonyl (C=O) groups excluding carboxylic acids is 1. The maximum absolute atomic E-state index is 13.6. The normalized spacial score (nSPS) is 16.0. The fraction of sp³-hybridized carbons (Fsp3) is 0.130. The van der Waals surface area contributed by atoms with Crippen molar-refractivity contribution in [1.82, 2.24) is 9.55 Å². The second-order valence-corrected chi connectivity index (χ2v) is 7.13. The number of amides is 1. The number of halogens is 1. The third-order valence-electron chi connectivity index (χ3n) is 5.30. The Bertz CT molecular complexity index is 1180. The van der Waals surface area contributed by atoms with Gasteiger partial charge in [-0.1, -0.05) is 24.3 Å². The molecule has 4 aromatic rings. The second kappa shape index (κ2) is 6.60. The monoisotopic (exact) mass is 371 g/mol. The van der Waals surface area contributed by atoms with Crippen molar-refractivity contribution in [2.24, 2.45) is 0 Å². The summed E-state index contributed by atoms with van der Waals surface area (Å²) in [5.41, 5.74) is 4.84. The average Bonchev–Trinajstić information content (AvgIpc) is 2.98. The maximum Gasteiger partial charge on any atom is 0.225 e. The van der Waals surface area contributed by atoms with E-state index in [1.54, 1.807) is 18.3 Å². The van der Waals surface area contributed by atoms with E-state index in [1.165, 1.54) is 6.07 Å². The molecule has 0 spiro atoms. The molecule has 0 fully saturated rings. The summed E-state index contributed by atoms with van der Waals surface area (Å²) >= 11 is 0. The highest BCUT2D eigenvalue weighted by molar-refractivity contribution is 6.06. The van der Waals surface area contributed by atoms with Gasteiger partial charge in [-0.15, -0.1) is 0 Å². The third-order valence-corrected chi connectivity index (χ3v) is 5.30. The van der Waals surface area contributed by atoms with Crippen LogP contribution in [0.3, 0.4) is 0 Å². The predicted octanol–water partition coefficient (Wildman–Crippen LogP) is 4.70. The molecule has 4 nitrogen and oxygen atoms in total. The minimum atomic E-state index is -0.239. The van der Waals surface area contributed by atoms with Crippen molar-refractivity contribution in [3.05, 3.63) is 95.7 Å². The second-order valence-electron chi connectivity index (χ2n) is 7.13. The molecule has 0 aliphatic carbocycles. The standard InChI is InChI=1S/C23H18FN3O/c24-17-6-1-4-15(10-17)13-27-14-19-18(16-5-3-9-25-12-16)11-22(28)26-20-7-2-8-21(27)23(19)20/h1-10,12,14,18H,11,13H2,(H,26,28)/t18-/m0/s1. The van der Waals surface area contributed by atoms with Crippen molar-refractivity contribution >= 4 is 22.5 Å². The highest BCUT2D eigenvalue weighted by atomic mass is 19.1. The molecule has 28 heavy (non-hydrogen) atoms. The Balaban J connectivity index is 1.69. The number of nitrogens with zero attached hydrogens (tertiary/aromatic N) is 2. The van der Waals surface area contributed by atoms with Gasteiger partial charge >= 0.3 is 0 Å². The summed E-state index contributed by atoms with van der Waals surface area (Å²) in [7, 11) is 0. The van der Waals surface area contributed by atoms with E-state index in [-0.39, 0.29) is 17.6 Å². The molecule has 0 saturated carbocycles. The van der Waals surface area contributed by atoms with Crippen LogP contribution in [0.25, 0.3) is 10.9 Å². The summed E-state index contributed by atoms with van der Waals surface area (Å²) < 4.78 is 15.8. The highest BCUT2D eigenvalue weighted by Crippen LogP contribution is 2.40. The zero-order chi connectivity index (χ0) is 19.1. The zero-order valence-electron chi connectivity index (χ0n) is 15.1. The number of benzene rings is 2. The van der Waals surface area contributed by atoms with E-state index >= 15 is 0 Å². The van der Waals surface area contributed by atoms with Crippen molar-refractivity contribution in [2.75, 3.05) is 5.32 Å². The minimum absolute atomic E-state index is 0.00534. The lowest BCUT2D eigenvalue weighted by atomic mass is 9.90. The molecular weight excluding hydrogens is 353 g/mol. The van der Waals surface area contributed by atoms with Gasteiger partial charge in [0.05, 0.1) is 11.2 Å². The first-order chi connectivity index (χ1) is 13.7. The number of hydrogen-bond acceptors (Lipinski definition) is 2. The fourth-order valence-electron chi connectivity index (χ4n) is 4.09. The number of aromatic nitrogens is 2. The molecule has 1 aliphatic heterocycles. The lowest BCUT2D eigenvalue weighted by molar-refractivity contribution is -0.116. The zero-order valence-corrected chi connectivity index (χ0v) is 15.1. The van der Waals surface area contributed by atoms with Gasteiger partial charge < -0.3 is 9.88 Å². The quantitative estimate of drug-likeness (QED) is 0.567. The Kier molecular flexibility index (Phi) is 3.93. The van der Waals surface area contributed by atoms with Gasteiger partial charge in [0.1, 0.15) is 5.82 Å². The van der Waals surface area contributed by atoms with E-state index in [4.69, 9.17) is 0 Å². The lowest BCUT2D eigenvalue weighted by Crippen LogP contribution is -2.14. The van der Waals surface area contributed by atoms with Gasteiger partial charge in [0, 0.05) is 42.9 Å². The maximum atomic E-state index is 13.6. The van der Waals surface area contributed by atoms with Gasteiger partial charge in [-0.25, -0.2) is 4.39 Å². The van der Waals surface area contributed by atoms with Crippen LogP contribution in [0, 0.1) is 5.82 Å². The summed E-state index contributed by atoms with van der Waals surface area (Å²) in [6, 6.07) is 16.5. The first kappa shape index (κ1) is 16.7. The number of nitrogens with one attached hydrogen (secondary N) is 1. The molecule has 0 unspecified atom stereocenters. The molecule has 1 aliphatic rings. The van der Waals surface area contributed by atoms with Gasteiger partial charge in [0.25, 0.3) is 0 Å². The van der Waals surface area contributed by atoms with Crippen LogP contribution in [0.15, 0.2) is 73.2 Å². The van der Waals surface area contributed by atoms with E-state index in [0.29, 0.717) is 13.0 Å². The number of hydrogen-bond donors (Lipinski definition) is 1. The van der Waals surface area contributed by atoms with Gasteiger partial charge in [-0.2, -0.15) is 0 Å². The molecule has 0 saturated heterocycles. The number of pyridine rings is 1. The van der Waals surface area contributed by atoms with Crippen molar-refractivity contribution in [3.63, 3.8) is 0 Å². The van der Waals surface area contributed by atoms with Gasteiger partial charge in [0.15, 0.2) is 0 Å². The largest absolute Gasteiger partial charge is 0.343 e. The first-order valence-electron chi connectivity index (χ1n) is 9.25. The Morgan fingerprint density at radius 1 is 1.14 bits per heavy atom. The predicted molar refractivity (Wildman–Crippen MR) is 107 cm³/mol. The van der Waals surface area contributed by atoms with E-state index in [1.807, 2.05) is 42.6 Å². The molecule has 3 heterocycles. The first-order valence-corrected chi connectivity index (χ1v) is 9.25. The molecule has 2 aromatic carbocycles. The topological polar surface area (TPSA) is 46.9 Å². The summed E-state index contributed by atoms with van der Waals surface area (Å²) in [5.74, 6) is -0.320. The Hall–Kier alpha value is -3.47. The van der Waals surface area contributed by atoms with E-state index in [9.17, 15) is 9.18 Å². The van der Waals surface area contributed by atoms with E-state index in [0.717, 1.165) is 33.3 Å². The average molecular weight is 371 g/mol. The number of anilines is 1. The molecule has 2 aromatic heterocycles. The summed E-state index contributed by atoms with van der Waals surface area (Å²) in [4.78, 5) is 16.7. The fourth-order valence-corrected chi connectivity index (χ4v) is 4.09. The third kappa shape index (κ3) is 2.85. The molecule has 1 amide bonds. The molecule has 138 valence electrons. The molecule has 5 heteroatoms. The minimum Gasteiger partial charge on any atom is -0.343 e. The van der Waals surface area contributed by atoms with Crippen molar-refractivity contribution in [1.29, 1.82) is 0 Å². The Labute approximate surface area is 161 Å². The molecular formula is C23H18FN3O. The van der Waals surface area contributed by atoms with Crippen LogP contribution in [-0.2, 0) is 11.3 Å². The molecule has 1 atom stereocenters. The summed E-state index contributed by atoms with van der Waals surface area (Å²) in [6.07, 6.45) is 6.01. The summed E-state index contributed by atoms with van der Waals surface area (Å²) in [5, 5.41) is 4.08. The van der Waals surface area contributed by atoms with Gasteiger partial charge in [-0.3, -0.25) is 9.78 Å². The van der Waals surface area contributed by atoms with E-state index < -0.39 is 0 Å². The van der Waals surface area contributed by atoms with Crippen LogP contribution in [0.4, 0.5) is 10.1 Å². The highest BCUT2D eigenvalue weighted by Gasteiger charge is 2.27. The molecule has 0 bridgehead atoms. The van der Waals surface area contributed by atoms with Crippen LogP contribution >= 0.6 is 0 Å². The van der Waals surface area contributed by atoms with Gasteiger partial charge in [0.2, 0.25) is 5.91 Å². The van der Waals surface area contributed by atoms with Crippen molar-refractivity contribution in [2.45, 2.75) is 18.9 Å². The van der Waals surface area contributed by atoms with Crippen LogP contribution in [-0.4, -0.2) is 15.5 Å². The SMILES string of the molecule is O=C1C[C@@H](c2cccnc2)c2cn(Cc3cccc(F)c3)c3cccc(c23)N1. The smallest absolute Gasteiger partial charge is 0.225 e. The van der Waals surface area contributed by atoms with Crippen LogP contribution < -0.4 is 5.32 Å². The lowest BCUT2D eigenvalue weighted by Gasteiger charge is -2.13. The van der Waals surface area contributed by atoms with Crippen molar-refractivity contribution < 1.29 is 9.18 Å². The molecule has 1 N–H and O–H groups in total. The van der Waals surface area contributed by atoms with Crippen LogP contribution in [0.5, 0.6) is 0 Å². The Morgan fingerprint density at radius 2 is 2.04 bits per heavy atom. The van der Waals surface area contributed by atoms with Crippen molar-refractivity contribution in [3.8, 4) is 0 Å². The molecule has 5 rings (SSSR count). The number of carbonyl (C=O) groups is 1. The van der Waals surface area contributed by atoms with Gasteiger partial charge in [-0.05, 0) is 47.0 Å². The van der Waals surface area contributed by atoms with E-state index in [2.05, 4.69) is 21.1 Å². The van der Waals surface area contributed by atoms with Crippen LogP contribution in [0.2, 0.25) is 0 Å². The summed E-state index contributed by atoms with van der Waals surface area (Å²) in [6.45, 7) is 0.561. The van der Waals surface area contributed by atoms with Crippen LogP contribution in [0.1, 0.15) is 29.0 Å². The molecule has 0 radical (unpaired) electrons.